The van der Waals surface area contributed by atoms with E-state index in [1.165, 1.54) is 7.11 Å². The fourth-order valence-corrected chi connectivity index (χ4v) is 2.40. The highest BCUT2D eigenvalue weighted by atomic mass is 32.1. The lowest BCUT2D eigenvalue weighted by molar-refractivity contribution is -0.148. The second kappa shape index (κ2) is 7.81. The van der Waals surface area contributed by atoms with Crippen LogP contribution in [0.2, 0.25) is 0 Å². The van der Waals surface area contributed by atoms with Crippen molar-refractivity contribution < 1.29 is 19.4 Å². The fraction of sp³-hybridized carbons (Fsp3) is 0.583. The van der Waals surface area contributed by atoms with Crippen molar-refractivity contribution in [2.75, 3.05) is 13.7 Å². The molecule has 2 N–H and O–H groups in total. The van der Waals surface area contributed by atoms with E-state index < -0.39 is 12.1 Å². The number of carboxylic acid groups (broad SMARTS) is 1. The molecule has 0 aromatic carbocycles. The van der Waals surface area contributed by atoms with Gasteiger partial charge in [-0.2, -0.15) is 0 Å². The molecule has 7 nitrogen and oxygen atoms in total. The third-order valence-electron chi connectivity index (χ3n) is 2.81. The first kappa shape index (κ1) is 16.4. The van der Waals surface area contributed by atoms with E-state index in [1.54, 1.807) is 9.95 Å². The van der Waals surface area contributed by atoms with Gasteiger partial charge in [0.05, 0.1) is 6.54 Å². The first-order chi connectivity index (χ1) is 9.45. The highest BCUT2D eigenvalue weighted by molar-refractivity contribution is 7.07. The molecule has 1 aromatic rings. The van der Waals surface area contributed by atoms with Gasteiger partial charge in [0.1, 0.15) is 0 Å². The normalized spacial score (nSPS) is 12.1. The van der Waals surface area contributed by atoms with Crippen LogP contribution in [0, 0.1) is 6.92 Å². The van der Waals surface area contributed by atoms with Gasteiger partial charge in [0, 0.05) is 31.1 Å². The summed E-state index contributed by atoms with van der Waals surface area (Å²) in [5, 5.41) is 13.0. The SMILES string of the molecule is COC(CNC(=O)CCCn1c(C)csc1=O)C(=O)O. The molecule has 8 heteroatoms. The molecule has 0 radical (unpaired) electrons. The van der Waals surface area contributed by atoms with Crippen molar-refractivity contribution in [2.45, 2.75) is 32.4 Å². The summed E-state index contributed by atoms with van der Waals surface area (Å²) in [6.45, 7) is 2.25. The fourth-order valence-electron chi connectivity index (χ4n) is 1.64. The summed E-state index contributed by atoms with van der Waals surface area (Å²) in [5.74, 6) is -1.37. The van der Waals surface area contributed by atoms with E-state index in [4.69, 9.17) is 9.84 Å². The molecule has 0 saturated heterocycles. The maximum atomic E-state index is 11.5. The molecule has 0 fully saturated rings. The first-order valence-electron chi connectivity index (χ1n) is 6.13. The van der Waals surface area contributed by atoms with Gasteiger partial charge in [-0.15, -0.1) is 0 Å². The number of carbonyl (C=O) groups excluding carboxylic acids is 1. The van der Waals surface area contributed by atoms with Crippen molar-refractivity contribution in [3.05, 3.63) is 20.7 Å². The molecular weight excluding hydrogens is 284 g/mol. The maximum Gasteiger partial charge on any atom is 0.334 e. The summed E-state index contributed by atoms with van der Waals surface area (Å²) >= 11 is 1.14. The van der Waals surface area contributed by atoms with Gasteiger partial charge in [-0.1, -0.05) is 11.3 Å². The van der Waals surface area contributed by atoms with Crippen molar-refractivity contribution >= 4 is 23.2 Å². The smallest absolute Gasteiger partial charge is 0.334 e. The van der Waals surface area contributed by atoms with Crippen LogP contribution < -0.4 is 10.2 Å². The monoisotopic (exact) mass is 302 g/mol. The largest absolute Gasteiger partial charge is 0.479 e. The molecule has 1 amide bonds. The van der Waals surface area contributed by atoms with Crippen LogP contribution in [-0.4, -0.2) is 41.3 Å². The number of hydrogen-bond acceptors (Lipinski definition) is 5. The molecule has 0 aliphatic carbocycles. The van der Waals surface area contributed by atoms with Crippen LogP contribution in [0.3, 0.4) is 0 Å². The zero-order chi connectivity index (χ0) is 15.1. The summed E-state index contributed by atoms with van der Waals surface area (Å²) < 4.78 is 6.32. The molecule has 0 bridgehead atoms. The van der Waals surface area contributed by atoms with E-state index in [1.807, 2.05) is 6.92 Å². The Morgan fingerprint density at radius 3 is 2.75 bits per heavy atom. The lowest BCUT2D eigenvalue weighted by atomic mass is 10.2. The van der Waals surface area contributed by atoms with Crippen molar-refractivity contribution in [2.24, 2.45) is 0 Å². The van der Waals surface area contributed by atoms with E-state index in [0.717, 1.165) is 17.0 Å². The summed E-state index contributed by atoms with van der Waals surface area (Å²) in [4.78, 5) is 33.6. The van der Waals surface area contributed by atoms with E-state index in [-0.39, 0.29) is 23.7 Å². The molecule has 1 atom stereocenters. The number of nitrogens with zero attached hydrogens (tertiary/aromatic N) is 1. The number of aliphatic carboxylic acids is 1. The average molecular weight is 302 g/mol. The van der Waals surface area contributed by atoms with Crippen LogP contribution in [0.5, 0.6) is 0 Å². The summed E-state index contributed by atoms with van der Waals surface area (Å²) in [6, 6.07) is 0. The van der Waals surface area contributed by atoms with Crippen LogP contribution in [0.15, 0.2) is 10.2 Å². The number of hydrogen-bond donors (Lipinski definition) is 2. The number of nitrogens with one attached hydrogen (secondary N) is 1. The standard InChI is InChI=1S/C12H18N2O5S/c1-8-7-20-12(18)14(8)5-3-4-10(15)13-6-9(19-2)11(16)17/h7,9H,3-6H2,1-2H3,(H,13,15)(H,16,17). The summed E-state index contributed by atoms with van der Waals surface area (Å²) in [6.07, 6.45) is -0.285. The van der Waals surface area contributed by atoms with Crippen LogP contribution in [0.1, 0.15) is 18.5 Å². The number of aromatic nitrogens is 1. The first-order valence-corrected chi connectivity index (χ1v) is 7.01. The minimum Gasteiger partial charge on any atom is -0.479 e. The molecule has 1 unspecified atom stereocenters. The minimum atomic E-state index is -1.12. The van der Waals surface area contributed by atoms with Gasteiger partial charge in [0.15, 0.2) is 6.10 Å². The number of aryl methyl sites for hydroxylation is 1. The maximum absolute atomic E-state index is 11.5. The zero-order valence-corrected chi connectivity index (χ0v) is 12.2. The van der Waals surface area contributed by atoms with Gasteiger partial charge < -0.3 is 19.7 Å². The number of carbonyl (C=O) groups is 2. The predicted octanol–water partition coefficient (Wildman–Crippen LogP) is 0.214. The molecule has 20 heavy (non-hydrogen) atoms. The molecule has 0 saturated carbocycles. The highest BCUT2D eigenvalue weighted by Gasteiger charge is 2.16. The Bertz CT molecular complexity index is 522. The topological polar surface area (TPSA) is 97.6 Å². The molecule has 1 heterocycles. The third-order valence-corrected chi connectivity index (χ3v) is 3.69. The van der Waals surface area contributed by atoms with Crippen molar-refractivity contribution in [1.29, 1.82) is 0 Å². The molecule has 0 spiro atoms. The van der Waals surface area contributed by atoms with Gasteiger partial charge in [-0.25, -0.2) is 4.79 Å². The second-order valence-corrected chi connectivity index (χ2v) is 5.09. The van der Waals surface area contributed by atoms with E-state index >= 15 is 0 Å². The number of methoxy groups -OCH3 is 1. The van der Waals surface area contributed by atoms with E-state index in [2.05, 4.69) is 5.32 Å². The van der Waals surface area contributed by atoms with Crippen LogP contribution in [0.4, 0.5) is 0 Å². The number of carboxylic acids is 1. The third kappa shape index (κ3) is 4.78. The van der Waals surface area contributed by atoms with Gasteiger partial charge >= 0.3 is 10.8 Å². The Kier molecular flexibility index (Phi) is 6.40. The molecular formula is C12H18N2O5S. The van der Waals surface area contributed by atoms with Crippen LogP contribution in [-0.2, 0) is 20.9 Å². The van der Waals surface area contributed by atoms with E-state index in [0.29, 0.717) is 13.0 Å². The van der Waals surface area contributed by atoms with Gasteiger partial charge in [0.25, 0.3) is 0 Å². The highest BCUT2D eigenvalue weighted by Crippen LogP contribution is 2.02. The number of ether oxygens (including phenoxy) is 1. The number of rotatable bonds is 8. The predicted molar refractivity (Wildman–Crippen MR) is 74.0 cm³/mol. The van der Waals surface area contributed by atoms with Crippen LogP contribution in [0.25, 0.3) is 0 Å². The van der Waals surface area contributed by atoms with Crippen molar-refractivity contribution in [1.82, 2.24) is 9.88 Å². The molecule has 0 aliphatic rings. The minimum absolute atomic E-state index is 0.0340. The average Bonchev–Trinajstić information content (AvgIpc) is 2.70. The Morgan fingerprint density at radius 1 is 1.55 bits per heavy atom. The van der Waals surface area contributed by atoms with E-state index in [9.17, 15) is 14.4 Å². The second-order valence-electron chi connectivity index (χ2n) is 4.26. The van der Waals surface area contributed by atoms with Crippen molar-refractivity contribution in [3.8, 4) is 0 Å². The Hall–Kier alpha value is -1.67. The van der Waals surface area contributed by atoms with Gasteiger partial charge in [-0.05, 0) is 13.3 Å². The van der Waals surface area contributed by atoms with Gasteiger partial charge in [-0.3, -0.25) is 9.59 Å². The lowest BCUT2D eigenvalue weighted by Gasteiger charge is -2.11. The van der Waals surface area contributed by atoms with Gasteiger partial charge in [0.2, 0.25) is 5.91 Å². The number of amides is 1. The van der Waals surface area contributed by atoms with Crippen LogP contribution >= 0.6 is 11.3 Å². The molecule has 112 valence electrons. The lowest BCUT2D eigenvalue weighted by Crippen LogP contribution is -2.37. The summed E-state index contributed by atoms with van der Waals surface area (Å²) in [5.41, 5.74) is 0.880. The Morgan fingerprint density at radius 2 is 2.25 bits per heavy atom. The zero-order valence-electron chi connectivity index (χ0n) is 11.4. The quantitative estimate of drug-likeness (QED) is 0.715. The molecule has 1 rings (SSSR count). The Balaban J connectivity index is 2.30. The summed E-state index contributed by atoms with van der Waals surface area (Å²) in [7, 11) is 1.27. The number of thiazole rings is 1. The molecule has 0 aliphatic heterocycles. The Labute approximate surface area is 120 Å². The molecule has 1 aromatic heterocycles. The van der Waals surface area contributed by atoms with Crippen molar-refractivity contribution in [3.63, 3.8) is 0 Å².